The molecule has 0 radical (unpaired) electrons. The second-order valence-electron chi connectivity index (χ2n) is 10.4. The monoisotopic (exact) mass is 589 g/mol. The number of amides is 2. The highest BCUT2D eigenvalue weighted by atomic mass is 16.2. The molecule has 1 fully saturated rings. The van der Waals surface area contributed by atoms with Gasteiger partial charge in [-0.25, -0.2) is 0 Å². The third-order valence-corrected chi connectivity index (χ3v) is 8.02. The number of amidine groups is 1. The van der Waals surface area contributed by atoms with Crippen LogP contribution in [0.3, 0.4) is 0 Å². The summed E-state index contributed by atoms with van der Waals surface area (Å²) >= 11 is 0. The molecule has 1 heterocycles. The molecule has 11 nitrogen and oxygen atoms in total. The molecule has 0 saturated carbocycles. The summed E-state index contributed by atoms with van der Waals surface area (Å²) in [6.45, 7) is 11.6. The lowest BCUT2D eigenvalue weighted by molar-refractivity contribution is 0.0955. The standard InChI is InChI=1S/C30H37N7O2.C2H6.H4N2/c1-18(36-17-19(2)37-11-5-6-24(37)16-31)15-30(29(32)33)25-9-7-20(27(38)34-3)12-22(25)14-23-13-21(28(39)35-4)8-10-26(23)30;2*1-2/h7-10,12-13,18,24,36H,2,5-6,11,14-15,17H2,1,3-4H3,(H3,32,33)(H,34,38)(H,35,39);1-2H3;1-2H2/t18-,24?;;/m1../s1. The van der Waals surface area contributed by atoms with E-state index >= 15 is 0 Å². The number of nitrogens with zero attached hydrogens (tertiary/aromatic N) is 2. The topological polar surface area (TPSA) is 199 Å². The van der Waals surface area contributed by atoms with Gasteiger partial charge < -0.3 is 26.6 Å². The maximum absolute atomic E-state index is 12.4. The van der Waals surface area contributed by atoms with Gasteiger partial charge in [-0.2, -0.15) is 5.26 Å². The van der Waals surface area contributed by atoms with Crippen LogP contribution < -0.4 is 33.4 Å². The minimum atomic E-state index is -0.956. The van der Waals surface area contributed by atoms with E-state index in [0.717, 1.165) is 47.3 Å². The Hall–Kier alpha value is -4.24. The summed E-state index contributed by atoms with van der Waals surface area (Å²) in [6, 6.07) is 13.2. The van der Waals surface area contributed by atoms with Crippen LogP contribution in [-0.2, 0) is 11.8 Å². The molecule has 43 heavy (non-hydrogen) atoms. The van der Waals surface area contributed by atoms with Gasteiger partial charge in [-0.05, 0) is 79.1 Å². The van der Waals surface area contributed by atoms with Crippen LogP contribution >= 0.6 is 0 Å². The molecule has 2 amide bonds. The van der Waals surface area contributed by atoms with Gasteiger partial charge in [0.15, 0.2) is 0 Å². The fourth-order valence-corrected chi connectivity index (χ4v) is 6.06. The van der Waals surface area contributed by atoms with Gasteiger partial charge in [0.1, 0.15) is 11.9 Å². The number of likely N-dealkylation sites (tertiary alicyclic amines) is 1. The first-order chi connectivity index (χ1) is 20.7. The van der Waals surface area contributed by atoms with E-state index in [9.17, 15) is 14.9 Å². The minimum absolute atomic E-state index is 0.00153. The van der Waals surface area contributed by atoms with Crippen molar-refractivity contribution in [1.29, 1.82) is 10.7 Å². The van der Waals surface area contributed by atoms with Gasteiger partial charge >= 0.3 is 0 Å². The van der Waals surface area contributed by atoms with Gasteiger partial charge in [0.25, 0.3) is 11.8 Å². The van der Waals surface area contributed by atoms with Crippen molar-refractivity contribution in [2.75, 3.05) is 27.2 Å². The summed E-state index contributed by atoms with van der Waals surface area (Å²) in [7, 11) is 3.18. The molecule has 232 valence electrons. The molecule has 0 bridgehead atoms. The first-order valence-corrected chi connectivity index (χ1v) is 14.6. The summed E-state index contributed by atoms with van der Waals surface area (Å²) in [6.07, 6.45) is 2.82. The molecule has 4 rings (SSSR count). The molecule has 0 spiro atoms. The van der Waals surface area contributed by atoms with Crippen LogP contribution in [0.2, 0.25) is 0 Å². The summed E-state index contributed by atoms with van der Waals surface area (Å²) in [5.41, 5.74) is 11.0. The number of hydrazine groups is 1. The Morgan fingerprint density at radius 2 is 1.60 bits per heavy atom. The molecule has 2 aromatic rings. The average Bonchev–Trinajstić information content (AvgIpc) is 3.53. The van der Waals surface area contributed by atoms with E-state index in [-0.39, 0.29) is 29.7 Å². The molecule has 2 atom stereocenters. The maximum Gasteiger partial charge on any atom is 0.251 e. The second-order valence-corrected chi connectivity index (χ2v) is 10.4. The van der Waals surface area contributed by atoms with Crippen molar-refractivity contribution >= 4 is 17.6 Å². The molecule has 0 aromatic heterocycles. The minimum Gasteiger partial charge on any atom is -0.387 e. The van der Waals surface area contributed by atoms with E-state index in [1.165, 1.54) is 0 Å². The first kappa shape index (κ1) is 35.0. The summed E-state index contributed by atoms with van der Waals surface area (Å²) < 4.78 is 0. The third kappa shape index (κ3) is 7.22. The number of carbonyl (C=O) groups is 2. The molecule has 1 saturated heterocycles. The second kappa shape index (κ2) is 15.8. The van der Waals surface area contributed by atoms with Gasteiger partial charge in [0.05, 0.1) is 11.5 Å². The number of nitriles is 1. The lowest BCUT2D eigenvalue weighted by Gasteiger charge is -2.42. The SMILES string of the molecule is C=C(CN[C@H](C)CC1(C(=N)N)c2ccc(C(=O)NC)cc2Cc2cc(C(=O)NC)ccc21)N1CCCC1C#N.CC.NN. The molecule has 1 aliphatic heterocycles. The fraction of sp³-hybridized carbons (Fsp3) is 0.438. The van der Waals surface area contributed by atoms with Gasteiger partial charge in [0, 0.05) is 50.1 Å². The first-order valence-electron chi connectivity index (χ1n) is 14.6. The maximum atomic E-state index is 12.4. The van der Waals surface area contributed by atoms with Crippen LogP contribution in [0.25, 0.3) is 0 Å². The van der Waals surface area contributed by atoms with Crippen molar-refractivity contribution in [3.63, 3.8) is 0 Å². The van der Waals surface area contributed by atoms with Crippen LogP contribution in [0, 0.1) is 16.7 Å². The van der Waals surface area contributed by atoms with Crippen molar-refractivity contribution in [3.8, 4) is 6.07 Å². The zero-order valence-corrected chi connectivity index (χ0v) is 26.0. The summed E-state index contributed by atoms with van der Waals surface area (Å²) in [4.78, 5) is 26.9. The van der Waals surface area contributed by atoms with Crippen LogP contribution in [0.5, 0.6) is 0 Å². The quantitative estimate of drug-likeness (QED) is 0.0999. The van der Waals surface area contributed by atoms with Crippen LogP contribution in [0.4, 0.5) is 0 Å². The van der Waals surface area contributed by atoms with E-state index in [4.69, 9.17) is 11.1 Å². The van der Waals surface area contributed by atoms with Crippen LogP contribution in [-0.4, -0.2) is 61.8 Å². The Balaban J connectivity index is 0.00000155. The Bertz CT molecular complexity index is 1300. The van der Waals surface area contributed by atoms with Gasteiger partial charge in [0.2, 0.25) is 0 Å². The third-order valence-electron chi connectivity index (χ3n) is 8.02. The largest absolute Gasteiger partial charge is 0.387 e. The number of nitrogens with one attached hydrogen (secondary N) is 4. The van der Waals surface area contributed by atoms with E-state index in [1.807, 2.05) is 38.1 Å². The van der Waals surface area contributed by atoms with E-state index in [2.05, 4.69) is 52.1 Å². The highest BCUT2D eigenvalue weighted by Crippen LogP contribution is 2.45. The summed E-state index contributed by atoms with van der Waals surface area (Å²) in [5, 5.41) is 27.2. The Morgan fingerprint density at radius 3 is 2.05 bits per heavy atom. The van der Waals surface area contributed by atoms with Crippen LogP contribution in [0.15, 0.2) is 48.7 Å². The highest BCUT2D eigenvalue weighted by Gasteiger charge is 2.45. The number of fused-ring (bicyclic) bond motifs is 2. The Labute approximate surface area is 255 Å². The molecule has 1 aliphatic carbocycles. The van der Waals surface area contributed by atoms with Crippen LogP contribution in [0.1, 0.15) is 83.0 Å². The average molecular weight is 590 g/mol. The number of hydrogen-bond acceptors (Lipinski definition) is 8. The molecule has 2 aromatic carbocycles. The van der Waals surface area contributed by atoms with Crippen molar-refractivity contribution in [1.82, 2.24) is 20.9 Å². The van der Waals surface area contributed by atoms with E-state index < -0.39 is 5.41 Å². The lowest BCUT2D eigenvalue weighted by Crippen LogP contribution is -2.49. The van der Waals surface area contributed by atoms with Gasteiger partial charge in [-0.1, -0.05) is 32.6 Å². The Kier molecular flexibility index (Phi) is 12.9. The highest BCUT2D eigenvalue weighted by molar-refractivity contribution is 5.98. The van der Waals surface area contributed by atoms with Gasteiger partial charge in [-0.15, -0.1) is 0 Å². The normalized spacial score (nSPS) is 16.4. The zero-order valence-electron chi connectivity index (χ0n) is 26.0. The van der Waals surface area contributed by atoms with Crippen molar-refractivity contribution in [2.45, 2.75) is 64.0 Å². The smallest absolute Gasteiger partial charge is 0.251 e. The number of benzene rings is 2. The van der Waals surface area contributed by atoms with E-state index in [1.54, 1.807) is 26.2 Å². The van der Waals surface area contributed by atoms with Crippen molar-refractivity contribution < 1.29 is 9.59 Å². The number of rotatable bonds is 9. The molecule has 2 aliphatic rings. The number of carbonyl (C=O) groups excluding carboxylic acids is 2. The zero-order chi connectivity index (χ0) is 32.3. The van der Waals surface area contributed by atoms with E-state index in [0.29, 0.717) is 30.5 Å². The molecule has 1 unspecified atom stereocenters. The van der Waals surface area contributed by atoms with Crippen molar-refractivity contribution in [2.24, 2.45) is 17.4 Å². The lowest BCUT2D eigenvalue weighted by atomic mass is 9.62. The van der Waals surface area contributed by atoms with Crippen molar-refractivity contribution in [3.05, 3.63) is 82.1 Å². The van der Waals surface area contributed by atoms with Gasteiger partial charge in [-0.3, -0.25) is 26.7 Å². The predicted molar refractivity (Wildman–Crippen MR) is 171 cm³/mol. The fourth-order valence-electron chi connectivity index (χ4n) is 6.06. The number of hydrogen-bond donors (Lipinski definition) is 7. The molecular formula is C32H47N9O2. The predicted octanol–water partition coefficient (Wildman–Crippen LogP) is 2.25. The molecule has 10 N–H and O–H groups in total. The summed E-state index contributed by atoms with van der Waals surface area (Å²) in [5.74, 6) is 7.62. The molecule has 11 heteroatoms. The Morgan fingerprint density at radius 1 is 1.09 bits per heavy atom. The number of nitrogens with two attached hydrogens (primary N) is 3. The molecular weight excluding hydrogens is 542 g/mol.